The molecular formula is C17H36N4O3. The Morgan fingerprint density at radius 1 is 1.12 bits per heavy atom. The van der Waals surface area contributed by atoms with Crippen LogP contribution in [0, 0.1) is 0 Å². The van der Waals surface area contributed by atoms with E-state index in [0.29, 0.717) is 13.1 Å². The number of hydrogen-bond donors (Lipinski definition) is 2. The van der Waals surface area contributed by atoms with Crippen molar-refractivity contribution in [1.82, 2.24) is 15.5 Å². The molecule has 2 N–H and O–H groups in total. The number of aliphatic imine (C=N–C) groups is 1. The molecule has 0 aliphatic heterocycles. The van der Waals surface area contributed by atoms with Crippen LogP contribution >= 0.6 is 0 Å². The molecule has 0 rings (SSSR count). The molecule has 0 atom stereocenters. The first-order chi connectivity index (χ1) is 11.3. The molecule has 0 aliphatic rings. The first-order valence-corrected chi connectivity index (χ1v) is 8.76. The van der Waals surface area contributed by atoms with Gasteiger partial charge in [-0.25, -0.2) is 4.79 Å². The average Bonchev–Trinajstić information content (AvgIpc) is 2.50. The molecule has 0 aromatic carbocycles. The van der Waals surface area contributed by atoms with Crippen molar-refractivity contribution in [3.8, 4) is 0 Å². The number of rotatable bonds is 10. The number of hydrogen-bond acceptors (Lipinski definition) is 4. The van der Waals surface area contributed by atoms with Gasteiger partial charge in [-0.3, -0.25) is 4.99 Å². The summed E-state index contributed by atoms with van der Waals surface area (Å²) in [5, 5.41) is 6.40. The molecule has 7 nitrogen and oxygen atoms in total. The third-order valence-electron chi connectivity index (χ3n) is 3.07. The molecule has 0 heterocycles. The summed E-state index contributed by atoms with van der Waals surface area (Å²) in [6.07, 6.45) is 2.88. The summed E-state index contributed by atoms with van der Waals surface area (Å²) in [4.78, 5) is 17.5. The molecule has 0 aromatic rings. The number of guanidine groups is 1. The van der Waals surface area contributed by atoms with Gasteiger partial charge in [0, 0.05) is 46.9 Å². The molecule has 24 heavy (non-hydrogen) atoms. The van der Waals surface area contributed by atoms with Crippen molar-refractivity contribution in [1.29, 1.82) is 0 Å². The van der Waals surface area contributed by atoms with Crippen molar-refractivity contribution in [2.24, 2.45) is 4.99 Å². The Bertz CT molecular complexity index is 367. The lowest BCUT2D eigenvalue weighted by Gasteiger charge is -2.24. The fourth-order valence-electron chi connectivity index (χ4n) is 1.72. The standard InChI is InChI=1S/C17H36N4O3/c1-7-8-13-23-14-9-10-19-15(18-5)20-11-12-21(6)16(22)24-17(2,3)4/h7-14H2,1-6H3,(H2,18,19,20). The van der Waals surface area contributed by atoms with E-state index >= 15 is 0 Å². The predicted molar refractivity (Wildman–Crippen MR) is 98.6 cm³/mol. The van der Waals surface area contributed by atoms with Gasteiger partial charge >= 0.3 is 6.09 Å². The van der Waals surface area contributed by atoms with E-state index < -0.39 is 5.60 Å². The normalized spacial score (nSPS) is 12.0. The smallest absolute Gasteiger partial charge is 0.410 e. The van der Waals surface area contributed by atoms with Crippen molar-refractivity contribution in [2.75, 3.05) is 46.9 Å². The Kier molecular flexibility index (Phi) is 12.1. The number of nitrogens with zero attached hydrogens (tertiary/aromatic N) is 2. The number of carbonyl (C=O) groups is 1. The van der Waals surface area contributed by atoms with Crippen LogP contribution in [-0.2, 0) is 9.47 Å². The molecule has 0 spiro atoms. The number of likely N-dealkylation sites (N-methyl/N-ethyl adjacent to an activating group) is 1. The molecule has 1 amide bonds. The van der Waals surface area contributed by atoms with Crippen molar-refractivity contribution >= 4 is 12.1 Å². The van der Waals surface area contributed by atoms with Gasteiger partial charge in [0.05, 0.1) is 0 Å². The average molecular weight is 345 g/mol. The van der Waals surface area contributed by atoms with Crippen LogP contribution in [0.15, 0.2) is 4.99 Å². The third-order valence-corrected chi connectivity index (χ3v) is 3.07. The first kappa shape index (κ1) is 22.5. The summed E-state index contributed by atoms with van der Waals surface area (Å²) in [6.45, 7) is 11.2. The number of ether oxygens (including phenoxy) is 2. The molecule has 0 bridgehead atoms. The van der Waals surface area contributed by atoms with Crippen LogP contribution < -0.4 is 10.6 Å². The highest BCUT2D eigenvalue weighted by molar-refractivity contribution is 5.79. The lowest BCUT2D eigenvalue weighted by molar-refractivity contribution is 0.0302. The largest absolute Gasteiger partial charge is 0.444 e. The Labute approximate surface area is 147 Å². The van der Waals surface area contributed by atoms with Gasteiger partial charge in [-0.05, 0) is 33.6 Å². The molecule has 7 heteroatoms. The number of carbonyl (C=O) groups excluding carboxylic acids is 1. The van der Waals surface area contributed by atoms with Crippen LogP contribution in [-0.4, -0.2) is 69.5 Å². The van der Waals surface area contributed by atoms with Crippen LogP contribution in [0.4, 0.5) is 4.79 Å². The minimum Gasteiger partial charge on any atom is -0.444 e. The molecule has 0 fully saturated rings. The highest BCUT2D eigenvalue weighted by Gasteiger charge is 2.19. The van der Waals surface area contributed by atoms with E-state index in [1.54, 1.807) is 19.0 Å². The van der Waals surface area contributed by atoms with Gasteiger partial charge in [0.15, 0.2) is 5.96 Å². The Hall–Kier alpha value is -1.50. The van der Waals surface area contributed by atoms with Gasteiger partial charge in [0.2, 0.25) is 0 Å². The predicted octanol–water partition coefficient (Wildman–Crippen LogP) is 2.23. The van der Waals surface area contributed by atoms with Crippen LogP contribution in [0.1, 0.15) is 47.0 Å². The third kappa shape index (κ3) is 13.0. The zero-order valence-electron chi connectivity index (χ0n) is 16.3. The summed E-state index contributed by atoms with van der Waals surface area (Å²) < 4.78 is 10.8. The van der Waals surface area contributed by atoms with Crippen LogP contribution in [0.25, 0.3) is 0 Å². The van der Waals surface area contributed by atoms with Gasteiger partial charge in [-0.2, -0.15) is 0 Å². The van der Waals surface area contributed by atoms with E-state index in [2.05, 4.69) is 22.5 Å². The summed E-state index contributed by atoms with van der Waals surface area (Å²) >= 11 is 0. The first-order valence-electron chi connectivity index (χ1n) is 8.76. The molecule has 0 aliphatic carbocycles. The fourth-order valence-corrected chi connectivity index (χ4v) is 1.72. The van der Waals surface area contributed by atoms with E-state index in [4.69, 9.17) is 9.47 Å². The van der Waals surface area contributed by atoms with Crippen LogP contribution in [0.3, 0.4) is 0 Å². The van der Waals surface area contributed by atoms with E-state index in [1.165, 1.54) is 0 Å². The second-order valence-corrected chi connectivity index (χ2v) is 6.65. The van der Waals surface area contributed by atoms with Crippen molar-refractivity contribution < 1.29 is 14.3 Å². The van der Waals surface area contributed by atoms with Crippen LogP contribution in [0.2, 0.25) is 0 Å². The van der Waals surface area contributed by atoms with E-state index in [1.807, 2.05) is 20.8 Å². The number of unbranched alkanes of at least 4 members (excludes halogenated alkanes) is 1. The maximum Gasteiger partial charge on any atom is 0.410 e. The number of amides is 1. The number of nitrogens with one attached hydrogen (secondary N) is 2. The lowest BCUT2D eigenvalue weighted by atomic mass is 10.2. The van der Waals surface area contributed by atoms with Gasteiger partial charge < -0.3 is 25.0 Å². The Morgan fingerprint density at radius 3 is 2.33 bits per heavy atom. The summed E-state index contributed by atoms with van der Waals surface area (Å²) in [5.74, 6) is 0.723. The van der Waals surface area contributed by atoms with Gasteiger partial charge in [-0.15, -0.1) is 0 Å². The highest BCUT2D eigenvalue weighted by atomic mass is 16.6. The lowest BCUT2D eigenvalue weighted by Crippen LogP contribution is -2.43. The van der Waals surface area contributed by atoms with Gasteiger partial charge in [0.1, 0.15) is 5.60 Å². The minimum absolute atomic E-state index is 0.323. The molecule has 0 radical (unpaired) electrons. The maximum absolute atomic E-state index is 11.8. The molecular weight excluding hydrogens is 308 g/mol. The quantitative estimate of drug-likeness (QED) is 0.361. The molecule has 142 valence electrons. The van der Waals surface area contributed by atoms with Crippen molar-refractivity contribution in [3.05, 3.63) is 0 Å². The summed E-state index contributed by atoms with van der Waals surface area (Å²) in [5.41, 5.74) is -0.477. The fraction of sp³-hybridized carbons (Fsp3) is 0.882. The van der Waals surface area contributed by atoms with Crippen LogP contribution in [0.5, 0.6) is 0 Å². The van der Waals surface area contributed by atoms with Crippen molar-refractivity contribution in [3.63, 3.8) is 0 Å². The summed E-state index contributed by atoms with van der Waals surface area (Å²) in [7, 11) is 3.45. The topological polar surface area (TPSA) is 75.2 Å². The van der Waals surface area contributed by atoms with E-state index in [0.717, 1.165) is 45.0 Å². The molecule has 0 saturated carbocycles. The summed E-state index contributed by atoms with van der Waals surface area (Å²) in [6, 6.07) is 0. The van der Waals surface area contributed by atoms with Gasteiger partial charge in [-0.1, -0.05) is 13.3 Å². The zero-order chi connectivity index (χ0) is 18.4. The molecule has 0 unspecified atom stereocenters. The van der Waals surface area contributed by atoms with E-state index in [-0.39, 0.29) is 6.09 Å². The monoisotopic (exact) mass is 344 g/mol. The highest BCUT2D eigenvalue weighted by Crippen LogP contribution is 2.08. The molecule has 0 saturated heterocycles. The second kappa shape index (κ2) is 12.9. The van der Waals surface area contributed by atoms with Gasteiger partial charge in [0.25, 0.3) is 0 Å². The second-order valence-electron chi connectivity index (χ2n) is 6.65. The Morgan fingerprint density at radius 2 is 1.75 bits per heavy atom. The Balaban J connectivity index is 3.80. The van der Waals surface area contributed by atoms with Crippen molar-refractivity contribution in [2.45, 2.75) is 52.6 Å². The zero-order valence-corrected chi connectivity index (χ0v) is 16.3. The SMILES string of the molecule is CCCCOCCCNC(=NC)NCCN(C)C(=O)OC(C)(C)C. The molecule has 0 aromatic heterocycles. The maximum atomic E-state index is 11.8. The van der Waals surface area contributed by atoms with E-state index in [9.17, 15) is 4.79 Å². The minimum atomic E-state index is -0.477.